The Kier molecular flexibility index (Phi) is 3.09. The lowest BCUT2D eigenvalue weighted by molar-refractivity contribution is -0.117. The highest BCUT2D eigenvalue weighted by Gasteiger charge is 2.15. The molecule has 0 bridgehead atoms. The molecule has 0 aromatic carbocycles. The van der Waals surface area contributed by atoms with Gasteiger partial charge in [0.25, 0.3) is 5.91 Å². The Morgan fingerprint density at radius 3 is 3.12 bits per heavy atom. The number of amides is 1. The van der Waals surface area contributed by atoms with Crippen LogP contribution in [0.5, 0.6) is 0 Å². The minimum Gasteiger partial charge on any atom is -0.494 e. The Balaban J connectivity index is 1.98. The Bertz CT molecular complexity index is 411. The lowest BCUT2D eigenvalue weighted by Crippen LogP contribution is -2.21. The fourth-order valence-electron chi connectivity index (χ4n) is 1.27. The number of hydrogen-bond donors (Lipinski definition) is 2. The van der Waals surface area contributed by atoms with Gasteiger partial charge in [-0.2, -0.15) is 5.10 Å². The summed E-state index contributed by atoms with van der Waals surface area (Å²) in [5, 5.41) is 9.36. The van der Waals surface area contributed by atoms with Crippen LogP contribution in [0.2, 0.25) is 0 Å². The molecule has 0 aliphatic carbocycles. The average Bonchev–Trinajstić information content (AvgIpc) is 2.78. The first-order valence-electron chi connectivity index (χ1n) is 5.10. The van der Waals surface area contributed by atoms with E-state index < -0.39 is 0 Å². The van der Waals surface area contributed by atoms with Crippen molar-refractivity contribution in [1.82, 2.24) is 10.2 Å². The number of nitrogens with one attached hydrogen (secondary N) is 2. The third-order valence-electron chi connectivity index (χ3n) is 2.13. The van der Waals surface area contributed by atoms with Crippen molar-refractivity contribution in [3.63, 3.8) is 0 Å². The Hall–Kier alpha value is -1.98. The third kappa shape index (κ3) is 2.33. The van der Waals surface area contributed by atoms with E-state index in [0.29, 0.717) is 19.0 Å². The fraction of sp³-hybridized carbons (Fsp3) is 0.400. The van der Waals surface area contributed by atoms with Crippen LogP contribution in [0.25, 0.3) is 0 Å². The molecule has 86 valence electrons. The van der Waals surface area contributed by atoms with Gasteiger partial charge in [0.2, 0.25) is 5.76 Å². The zero-order chi connectivity index (χ0) is 11.4. The predicted octanol–water partition coefficient (Wildman–Crippen LogP) is 0.799. The number of carbonyl (C=O) groups is 1. The van der Waals surface area contributed by atoms with Crippen molar-refractivity contribution in [2.24, 2.45) is 0 Å². The number of aryl methyl sites for hydroxylation is 1. The zero-order valence-electron chi connectivity index (χ0n) is 8.95. The fourth-order valence-corrected chi connectivity index (χ4v) is 1.27. The lowest BCUT2D eigenvalue weighted by Gasteiger charge is -2.14. The maximum Gasteiger partial charge on any atom is 0.295 e. The molecule has 0 radical (unpaired) electrons. The maximum atomic E-state index is 11.6. The summed E-state index contributed by atoms with van der Waals surface area (Å²) in [4.78, 5) is 11.6. The number of aromatic nitrogens is 2. The minimum absolute atomic E-state index is 0.173. The molecule has 1 aliphatic heterocycles. The summed E-state index contributed by atoms with van der Waals surface area (Å²) in [6, 6.07) is 1.78. The summed E-state index contributed by atoms with van der Waals surface area (Å²) >= 11 is 0. The van der Waals surface area contributed by atoms with Gasteiger partial charge in [-0.15, -0.1) is 0 Å². The third-order valence-corrected chi connectivity index (χ3v) is 2.13. The van der Waals surface area contributed by atoms with E-state index >= 15 is 0 Å². The van der Waals surface area contributed by atoms with Gasteiger partial charge in [0.15, 0.2) is 5.82 Å². The van der Waals surface area contributed by atoms with Gasteiger partial charge in [-0.25, -0.2) is 0 Å². The van der Waals surface area contributed by atoms with Gasteiger partial charge in [-0.1, -0.05) is 6.92 Å². The van der Waals surface area contributed by atoms with E-state index in [1.165, 1.54) is 6.26 Å². The van der Waals surface area contributed by atoms with Gasteiger partial charge < -0.3 is 14.8 Å². The SMILES string of the molecule is CCc1cc(NC(=O)C2=COCCO2)n[nH]1. The second-order valence-electron chi connectivity index (χ2n) is 3.29. The van der Waals surface area contributed by atoms with E-state index in [1.807, 2.05) is 6.92 Å². The Morgan fingerprint density at radius 2 is 2.50 bits per heavy atom. The van der Waals surface area contributed by atoms with Crippen LogP contribution in [-0.4, -0.2) is 29.3 Å². The number of carbonyl (C=O) groups excluding carboxylic acids is 1. The van der Waals surface area contributed by atoms with E-state index in [0.717, 1.165) is 12.1 Å². The first-order chi connectivity index (χ1) is 7.79. The molecule has 2 N–H and O–H groups in total. The molecule has 1 amide bonds. The average molecular weight is 223 g/mol. The highest BCUT2D eigenvalue weighted by molar-refractivity contribution is 6.01. The Morgan fingerprint density at radius 1 is 1.62 bits per heavy atom. The zero-order valence-corrected chi connectivity index (χ0v) is 8.95. The molecule has 2 rings (SSSR count). The highest BCUT2D eigenvalue weighted by atomic mass is 16.6. The maximum absolute atomic E-state index is 11.6. The van der Waals surface area contributed by atoms with Gasteiger partial charge in [-0.3, -0.25) is 9.89 Å². The Labute approximate surface area is 92.6 Å². The number of H-pyrrole nitrogens is 1. The summed E-state index contributed by atoms with van der Waals surface area (Å²) in [5.41, 5.74) is 0.963. The van der Waals surface area contributed by atoms with Crippen molar-refractivity contribution in [3.05, 3.63) is 23.8 Å². The molecule has 16 heavy (non-hydrogen) atoms. The first-order valence-corrected chi connectivity index (χ1v) is 5.10. The predicted molar refractivity (Wildman–Crippen MR) is 56.6 cm³/mol. The van der Waals surface area contributed by atoms with Crippen LogP contribution in [-0.2, 0) is 20.7 Å². The number of anilines is 1. The number of nitrogens with zero attached hydrogens (tertiary/aromatic N) is 1. The van der Waals surface area contributed by atoms with Crippen molar-refractivity contribution >= 4 is 11.7 Å². The van der Waals surface area contributed by atoms with Gasteiger partial charge in [0, 0.05) is 11.8 Å². The normalized spacial score (nSPS) is 14.7. The van der Waals surface area contributed by atoms with Crippen LogP contribution in [0.4, 0.5) is 5.82 Å². The van der Waals surface area contributed by atoms with Crippen LogP contribution in [0, 0.1) is 0 Å². The van der Waals surface area contributed by atoms with Crippen molar-refractivity contribution in [2.45, 2.75) is 13.3 Å². The second-order valence-corrected chi connectivity index (χ2v) is 3.29. The topological polar surface area (TPSA) is 76.2 Å². The summed E-state index contributed by atoms with van der Waals surface area (Å²) in [7, 11) is 0. The molecule has 0 atom stereocenters. The van der Waals surface area contributed by atoms with Gasteiger partial charge in [-0.05, 0) is 6.42 Å². The van der Waals surface area contributed by atoms with E-state index in [4.69, 9.17) is 9.47 Å². The van der Waals surface area contributed by atoms with Crippen LogP contribution in [0.1, 0.15) is 12.6 Å². The monoisotopic (exact) mass is 223 g/mol. The van der Waals surface area contributed by atoms with Crippen LogP contribution >= 0.6 is 0 Å². The summed E-state index contributed by atoms with van der Waals surface area (Å²) in [6.45, 7) is 2.86. The highest BCUT2D eigenvalue weighted by Crippen LogP contribution is 2.10. The molecule has 0 saturated heterocycles. The first kappa shape index (κ1) is 10.5. The molecule has 0 spiro atoms. The van der Waals surface area contributed by atoms with Gasteiger partial charge >= 0.3 is 0 Å². The molecule has 1 aliphatic rings. The summed E-state index contributed by atoms with van der Waals surface area (Å²) in [6.07, 6.45) is 2.15. The van der Waals surface area contributed by atoms with Crippen LogP contribution in [0.3, 0.4) is 0 Å². The largest absolute Gasteiger partial charge is 0.494 e. The lowest BCUT2D eigenvalue weighted by atomic mass is 10.3. The van der Waals surface area contributed by atoms with Crippen molar-refractivity contribution in [1.29, 1.82) is 0 Å². The van der Waals surface area contributed by atoms with Crippen LogP contribution < -0.4 is 5.32 Å². The molecule has 6 nitrogen and oxygen atoms in total. The van der Waals surface area contributed by atoms with E-state index in [1.54, 1.807) is 6.07 Å². The van der Waals surface area contributed by atoms with Crippen molar-refractivity contribution < 1.29 is 14.3 Å². The molecular formula is C10H13N3O3. The molecular weight excluding hydrogens is 210 g/mol. The quantitative estimate of drug-likeness (QED) is 0.794. The number of rotatable bonds is 3. The molecule has 0 fully saturated rings. The van der Waals surface area contributed by atoms with E-state index in [2.05, 4.69) is 15.5 Å². The van der Waals surface area contributed by atoms with Gasteiger partial charge in [0.1, 0.15) is 19.5 Å². The molecule has 0 unspecified atom stereocenters. The standard InChI is InChI=1S/C10H13N3O3/c1-2-7-5-9(13-12-7)11-10(14)8-6-15-3-4-16-8/h5-6H,2-4H2,1H3,(H2,11,12,13,14). The molecule has 0 saturated carbocycles. The smallest absolute Gasteiger partial charge is 0.295 e. The number of ether oxygens (including phenoxy) is 2. The minimum atomic E-state index is -0.353. The summed E-state index contributed by atoms with van der Waals surface area (Å²) in [5.74, 6) is 0.304. The van der Waals surface area contributed by atoms with E-state index in [9.17, 15) is 4.79 Å². The molecule has 6 heteroatoms. The second kappa shape index (κ2) is 4.69. The van der Waals surface area contributed by atoms with Crippen molar-refractivity contribution in [2.75, 3.05) is 18.5 Å². The van der Waals surface area contributed by atoms with Gasteiger partial charge in [0.05, 0.1) is 0 Å². The number of hydrogen-bond acceptors (Lipinski definition) is 4. The molecule has 2 heterocycles. The molecule has 1 aromatic rings. The number of aromatic amines is 1. The van der Waals surface area contributed by atoms with E-state index in [-0.39, 0.29) is 11.7 Å². The van der Waals surface area contributed by atoms with Crippen LogP contribution in [0.15, 0.2) is 18.1 Å². The summed E-state index contributed by atoms with van der Waals surface area (Å²) < 4.78 is 10.1. The van der Waals surface area contributed by atoms with Crippen molar-refractivity contribution in [3.8, 4) is 0 Å². The molecule has 1 aromatic heterocycles.